The lowest BCUT2D eigenvalue weighted by molar-refractivity contribution is 0.0340. The van der Waals surface area contributed by atoms with Gasteiger partial charge in [-0.3, -0.25) is 0 Å². The molecule has 2 heterocycles. The first-order chi connectivity index (χ1) is 8.49. The molecule has 98 valence electrons. The standard InChI is InChI=1S/C12H15ClN2O3/c1-7-6-18-8(2)5-15(7)11-10(13)3-9(4-14-11)12(16)17/h3-4,7-8H,5-6H2,1-2H3,(H,16,17). The van der Waals surface area contributed by atoms with Crippen LogP contribution >= 0.6 is 11.6 Å². The maximum atomic E-state index is 10.8. The van der Waals surface area contributed by atoms with Gasteiger partial charge in [-0.15, -0.1) is 0 Å². The average Bonchev–Trinajstić information content (AvgIpc) is 2.32. The number of nitrogens with zero attached hydrogens (tertiary/aromatic N) is 2. The van der Waals surface area contributed by atoms with Crippen molar-refractivity contribution in [2.45, 2.75) is 26.0 Å². The zero-order chi connectivity index (χ0) is 13.3. The van der Waals surface area contributed by atoms with Crippen LogP contribution in [0.5, 0.6) is 0 Å². The van der Waals surface area contributed by atoms with E-state index in [0.717, 1.165) is 0 Å². The fraction of sp³-hybridized carbons (Fsp3) is 0.500. The van der Waals surface area contributed by atoms with Crippen molar-refractivity contribution in [3.8, 4) is 0 Å². The lowest BCUT2D eigenvalue weighted by Crippen LogP contribution is -2.47. The lowest BCUT2D eigenvalue weighted by Gasteiger charge is -2.38. The van der Waals surface area contributed by atoms with E-state index in [4.69, 9.17) is 21.4 Å². The minimum atomic E-state index is -1.03. The lowest BCUT2D eigenvalue weighted by atomic mass is 10.2. The Morgan fingerprint density at radius 2 is 2.33 bits per heavy atom. The van der Waals surface area contributed by atoms with Crippen LogP contribution in [0.15, 0.2) is 12.3 Å². The summed E-state index contributed by atoms with van der Waals surface area (Å²) < 4.78 is 5.54. The molecule has 5 nitrogen and oxygen atoms in total. The van der Waals surface area contributed by atoms with E-state index >= 15 is 0 Å². The van der Waals surface area contributed by atoms with E-state index in [-0.39, 0.29) is 17.7 Å². The fourth-order valence-electron chi connectivity index (χ4n) is 1.96. The number of halogens is 1. The fourth-order valence-corrected chi connectivity index (χ4v) is 2.23. The van der Waals surface area contributed by atoms with Gasteiger partial charge < -0.3 is 14.7 Å². The molecule has 2 atom stereocenters. The largest absolute Gasteiger partial charge is 0.478 e. The summed E-state index contributed by atoms with van der Waals surface area (Å²) in [4.78, 5) is 17.0. The van der Waals surface area contributed by atoms with E-state index in [0.29, 0.717) is 24.0 Å². The van der Waals surface area contributed by atoms with Gasteiger partial charge in [0, 0.05) is 12.7 Å². The number of pyridine rings is 1. The van der Waals surface area contributed by atoms with Crippen molar-refractivity contribution in [2.24, 2.45) is 0 Å². The summed E-state index contributed by atoms with van der Waals surface area (Å²) in [6, 6.07) is 1.60. The predicted molar refractivity (Wildman–Crippen MR) is 68.4 cm³/mol. The van der Waals surface area contributed by atoms with Crippen molar-refractivity contribution in [1.29, 1.82) is 0 Å². The summed E-state index contributed by atoms with van der Waals surface area (Å²) in [6.45, 7) is 5.31. The Morgan fingerprint density at radius 1 is 1.61 bits per heavy atom. The van der Waals surface area contributed by atoms with Crippen LogP contribution in [-0.4, -0.2) is 41.4 Å². The highest BCUT2D eigenvalue weighted by Gasteiger charge is 2.26. The molecular weight excluding hydrogens is 256 g/mol. The van der Waals surface area contributed by atoms with Crippen LogP contribution in [0.2, 0.25) is 5.02 Å². The van der Waals surface area contributed by atoms with E-state index < -0.39 is 5.97 Å². The second kappa shape index (κ2) is 5.12. The van der Waals surface area contributed by atoms with Crippen LogP contribution in [0.25, 0.3) is 0 Å². The molecule has 1 N–H and O–H groups in total. The second-order valence-corrected chi connectivity index (χ2v) is 4.89. The summed E-state index contributed by atoms with van der Waals surface area (Å²) in [7, 11) is 0. The number of aromatic carboxylic acids is 1. The van der Waals surface area contributed by atoms with Crippen molar-refractivity contribution in [3.05, 3.63) is 22.8 Å². The highest BCUT2D eigenvalue weighted by molar-refractivity contribution is 6.33. The van der Waals surface area contributed by atoms with E-state index in [1.807, 2.05) is 18.7 Å². The molecule has 0 aromatic carbocycles. The molecule has 0 amide bonds. The molecule has 0 spiro atoms. The third-order valence-corrected chi connectivity index (χ3v) is 3.23. The summed E-state index contributed by atoms with van der Waals surface area (Å²) in [5.74, 6) is -0.413. The number of morpholine rings is 1. The number of rotatable bonds is 2. The predicted octanol–water partition coefficient (Wildman–Crippen LogP) is 2.05. The molecule has 18 heavy (non-hydrogen) atoms. The van der Waals surface area contributed by atoms with Crippen molar-refractivity contribution in [2.75, 3.05) is 18.1 Å². The maximum absolute atomic E-state index is 10.8. The topological polar surface area (TPSA) is 62.7 Å². The Balaban J connectivity index is 2.30. The number of aromatic nitrogens is 1. The summed E-state index contributed by atoms with van der Waals surface area (Å²) in [6.07, 6.45) is 1.44. The van der Waals surface area contributed by atoms with Gasteiger partial charge in [0.05, 0.1) is 29.3 Å². The van der Waals surface area contributed by atoms with Gasteiger partial charge in [-0.25, -0.2) is 9.78 Å². The van der Waals surface area contributed by atoms with E-state index in [1.165, 1.54) is 12.3 Å². The molecule has 0 radical (unpaired) electrons. The van der Waals surface area contributed by atoms with Crippen molar-refractivity contribution < 1.29 is 14.6 Å². The number of ether oxygens (including phenoxy) is 1. The van der Waals surface area contributed by atoms with Gasteiger partial charge in [0.15, 0.2) is 0 Å². The molecule has 1 aliphatic heterocycles. The van der Waals surface area contributed by atoms with Crippen LogP contribution < -0.4 is 4.90 Å². The smallest absolute Gasteiger partial charge is 0.337 e. The zero-order valence-corrected chi connectivity index (χ0v) is 11.0. The van der Waals surface area contributed by atoms with Gasteiger partial charge in [0.25, 0.3) is 0 Å². The van der Waals surface area contributed by atoms with E-state index in [9.17, 15) is 4.79 Å². The maximum Gasteiger partial charge on any atom is 0.337 e. The molecule has 0 aliphatic carbocycles. The Morgan fingerprint density at radius 3 is 2.94 bits per heavy atom. The molecule has 1 fully saturated rings. The van der Waals surface area contributed by atoms with Gasteiger partial charge in [0.1, 0.15) is 5.82 Å². The number of carbonyl (C=O) groups is 1. The Kier molecular flexibility index (Phi) is 3.73. The second-order valence-electron chi connectivity index (χ2n) is 4.48. The van der Waals surface area contributed by atoms with Gasteiger partial charge in [-0.2, -0.15) is 0 Å². The molecule has 1 aromatic heterocycles. The number of hydrogen-bond acceptors (Lipinski definition) is 4. The number of hydrogen-bond donors (Lipinski definition) is 1. The zero-order valence-electron chi connectivity index (χ0n) is 10.3. The molecule has 2 unspecified atom stereocenters. The van der Waals surface area contributed by atoms with Crippen molar-refractivity contribution >= 4 is 23.4 Å². The first-order valence-electron chi connectivity index (χ1n) is 5.76. The molecular formula is C12H15ClN2O3. The summed E-state index contributed by atoms with van der Waals surface area (Å²) in [5.41, 5.74) is 0.0951. The van der Waals surface area contributed by atoms with Gasteiger partial charge in [-0.1, -0.05) is 11.6 Å². The normalized spacial score (nSPS) is 24.1. The first-order valence-corrected chi connectivity index (χ1v) is 6.14. The quantitative estimate of drug-likeness (QED) is 0.891. The third-order valence-electron chi connectivity index (χ3n) is 2.95. The molecule has 0 bridgehead atoms. The Bertz CT molecular complexity index is 467. The van der Waals surface area contributed by atoms with E-state index in [2.05, 4.69) is 4.98 Å². The van der Waals surface area contributed by atoms with Gasteiger partial charge >= 0.3 is 5.97 Å². The monoisotopic (exact) mass is 270 g/mol. The third kappa shape index (κ3) is 2.57. The summed E-state index contributed by atoms with van der Waals surface area (Å²) >= 11 is 6.11. The van der Waals surface area contributed by atoms with Gasteiger partial charge in [-0.05, 0) is 19.9 Å². The minimum Gasteiger partial charge on any atom is -0.478 e. The molecule has 0 saturated carbocycles. The number of carboxylic acids is 1. The van der Waals surface area contributed by atoms with Crippen LogP contribution in [0, 0.1) is 0 Å². The molecule has 1 aromatic rings. The SMILES string of the molecule is CC1CN(c2ncc(C(=O)O)cc2Cl)C(C)CO1. The minimum absolute atomic E-state index is 0.0951. The molecule has 2 rings (SSSR count). The molecule has 6 heteroatoms. The van der Waals surface area contributed by atoms with E-state index in [1.54, 1.807) is 0 Å². The van der Waals surface area contributed by atoms with Crippen LogP contribution in [0.1, 0.15) is 24.2 Å². The Hall–Kier alpha value is -1.33. The highest BCUT2D eigenvalue weighted by Crippen LogP contribution is 2.28. The highest BCUT2D eigenvalue weighted by atomic mass is 35.5. The average molecular weight is 271 g/mol. The first kappa shape index (κ1) is 13.1. The van der Waals surface area contributed by atoms with Crippen LogP contribution in [-0.2, 0) is 4.74 Å². The van der Waals surface area contributed by atoms with Crippen molar-refractivity contribution in [1.82, 2.24) is 4.98 Å². The van der Waals surface area contributed by atoms with Crippen LogP contribution in [0.4, 0.5) is 5.82 Å². The molecule has 1 saturated heterocycles. The number of carboxylic acid groups (broad SMARTS) is 1. The Labute approximate surface area is 110 Å². The summed E-state index contributed by atoms with van der Waals surface area (Å²) in [5, 5.41) is 9.23. The van der Waals surface area contributed by atoms with Crippen molar-refractivity contribution in [3.63, 3.8) is 0 Å². The van der Waals surface area contributed by atoms with Crippen LogP contribution in [0.3, 0.4) is 0 Å². The molecule has 1 aliphatic rings. The van der Waals surface area contributed by atoms with Gasteiger partial charge in [0.2, 0.25) is 0 Å². The number of anilines is 1.